The molecule has 9 nitrogen and oxygen atoms in total. The van der Waals surface area contributed by atoms with E-state index in [4.69, 9.17) is 9.84 Å². The fourth-order valence-corrected chi connectivity index (χ4v) is 2.28. The van der Waals surface area contributed by atoms with Gasteiger partial charge in [0.25, 0.3) is 5.91 Å². The van der Waals surface area contributed by atoms with Crippen LogP contribution in [0.15, 0.2) is 12.5 Å². The van der Waals surface area contributed by atoms with Crippen molar-refractivity contribution in [2.45, 2.75) is 37.1 Å². The Hall–Kier alpha value is -1.52. The van der Waals surface area contributed by atoms with Crippen LogP contribution in [0.1, 0.15) is 17.4 Å². The molecule has 5 N–H and O–H groups in total. The number of hydrogen-bond acceptors (Lipinski definition) is 7. The van der Waals surface area contributed by atoms with Gasteiger partial charge in [0.15, 0.2) is 6.29 Å². The molecule has 21 heavy (non-hydrogen) atoms. The Morgan fingerprint density at radius 1 is 1.57 bits per heavy atom. The second-order valence-electron chi connectivity index (χ2n) is 5.26. The highest BCUT2D eigenvalue weighted by molar-refractivity contribution is 5.92. The van der Waals surface area contributed by atoms with Gasteiger partial charge in [0.2, 0.25) is 0 Å². The number of imidazole rings is 1. The first-order chi connectivity index (χ1) is 9.78. The van der Waals surface area contributed by atoms with Crippen LogP contribution in [0.25, 0.3) is 0 Å². The minimum Gasteiger partial charge on any atom is -0.394 e. The summed E-state index contributed by atoms with van der Waals surface area (Å²) in [6, 6.07) is -1.25. The van der Waals surface area contributed by atoms with E-state index in [1.54, 1.807) is 7.05 Å². The highest BCUT2D eigenvalue weighted by Gasteiger charge is 2.52. The van der Waals surface area contributed by atoms with Gasteiger partial charge < -0.3 is 35.0 Å². The van der Waals surface area contributed by atoms with Crippen LogP contribution in [0, 0.1) is 0 Å². The van der Waals surface area contributed by atoms with Crippen LogP contribution in [0.3, 0.4) is 0 Å². The predicted octanol–water partition coefficient (Wildman–Crippen LogP) is -2.66. The van der Waals surface area contributed by atoms with E-state index in [9.17, 15) is 20.1 Å². The van der Waals surface area contributed by atoms with Crippen molar-refractivity contribution in [2.75, 3.05) is 6.61 Å². The molecule has 0 aromatic carbocycles. The number of ether oxygens (including phenoxy) is 1. The third kappa shape index (κ3) is 2.78. The highest BCUT2D eigenvalue weighted by Crippen LogP contribution is 2.28. The zero-order valence-electron chi connectivity index (χ0n) is 11.7. The molecule has 0 bridgehead atoms. The summed E-state index contributed by atoms with van der Waals surface area (Å²) >= 11 is 0. The fraction of sp³-hybridized carbons (Fsp3) is 0.667. The average Bonchev–Trinajstić information content (AvgIpc) is 2.85. The summed E-state index contributed by atoms with van der Waals surface area (Å²) < 4.78 is 6.51. The lowest BCUT2D eigenvalue weighted by atomic mass is 9.85. The van der Waals surface area contributed by atoms with E-state index >= 15 is 0 Å². The molecule has 2 rings (SSSR count). The van der Waals surface area contributed by atoms with Crippen LogP contribution in [0.2, 0.25) is 0 Å². The van der Waals surface area contributed by atoms with Crippen molar-refractivity contribution in [2.24, 2.45) is 7.05 Å². The van der Waals surface area contributed by atoms with Crippen LogP contribution in [0.4, 0.5) is 0 Å². The number of nitrogens with one attached hydrogen (secondary N) is 1. The van der Waals surface area contributed by atoms with Crippen molar-refractivity contribution in [3.8, 4) is 0 Å². The van der Waals surface area contributed by atoms with Crippen LogP contribution in [-0.4, -0.2) is 72.6 Å². The maximum Gasteiger partial charge on any atom is 0.270 e. The molecule has 1 aliphatic rings. The molecule has 1 unspecified atom stereocenters. The van der Waals surface area contributed by atoms with Gasteiger partial charge in [0, 0.05) is 7.05 Å². The molecule has 1 saturated heterocycles. The third-order valence-corrected chi connectivity index (χ3v) is 3.71. The fourth-order valence-electron chi connectivity index (χ4n) is 2.28. The molecule has 9 heteroatoms. The van der Waals surface area contributed by atoms with Gasteiger partial charge >= 0.3 is 0 Å². The largest absolute Gasteiger partial charge is 0.394 e. The molecule has 118 valence electrons. The Morgan fingerprint density at radius 2 is 2.24 bits per heavy atom. The summed E-state index contributed by atoms with van der Waals surface area (Å²) in [5, 5.41) is 41.7. The van der Waals surface area contributed by atoms with E-state index < -0.39 is 42.7 Å². The van der Waals surface area contributed by atoms with Crippen molar-refractivity contribution in [1.29, 1.82) is 0 Å². The van der Waals surface area contributed by atoms with Gasteiger partial charge in [-0.2, -0.15) is 0 Å². The molecule has 0 aliphatic carbocycles. The summed E-state index contributed by atoms with van der Waals surface area (Å²) in [5.74, 6) is -0.583. The predicted molar refractivity (Wildman–Crippen MR) is 69.1 cm³/mol. The van der Waals surface area contributed by atoms with Crippen molar-refractivity contribution in [3.63, 3.8) is 0 Å². The number of aromatic nitrogens is 2. The zero-order valence-corrected chi connectivity index (χ0v) is 11.7. The Morgan fingerprint density at radius 3 is 2.76 bits per heavy atom. The Balaban J connectivity index is 2.16. The first kappa shape index (κ1) is 15.9. The van der Waals surface area contributed by atoms with E-state index in [1.165, 1.54) is 24.0 Å². The lowest BCUT2D eigenvalue weighted by Crippen LogP contribution is -2.69. The molecule has 0 saturated carbocycles. The number of rotatable bonds is 3. The maximum atomic E-state index is 12.1. The maximum absolute atomic E-state index is 12.1. The van der Waals surface area contributed by atoms with Crippen LogP contribution in [-0.2, 0) is 11.8 Å². The summed E-state index contributed by atoms with van der Waals surface area (Å²) in [4.78, 5) is 15.9. The van der Waals surface area contributed by atoms with Gasteiger partial charge in [0.05, 0.1) is 19.1 Å². The van der Waals surface area contributed by atoms with Crippen molar-refractivity contribution < 1.29 is 30.0 Å². The third-order valence-electron chi connectivity index (χ3n) is 3.71. The quantitative estimate of drug-likeness (QED) is 0.411. The second kappa shape index (κ2) is 5.70. The molecular formula is C12H19N3O6. The minimum atomic E-state index is -1.82. The zero-order chi connectivity index (χ0) is 15.8. The number of aliphatic hydroxyl groups excluding tert-OH is 3. The monoisotopic (exact) mass is 301 g/mol. The first-order valence-corrected chi connectivity index (χ1v) is 6.41. The van der Waals surface area contributed by atoms with E-state index in [1.807, 2.05) is 0 Å². The van der Waals surface area contributed by atoms with E-state index in [2.05, 4.69) is 10.3 Å². The number of nitrogens with zero attached hydrogens (tertiary/aromatic N) is 2. The summed E-state index contributed by atoms with van der Waals surface area (Å²) in [5.41, 5.74) is -1.60. The molecule has 1 aliphatic heterocycles. The Bertz CT molecular complexity index is 517. The van der Waals surface area contributed by atoms with Gasteiger partial charge in [-0.25, -0.2) is 4.98 Å². The van der Waals surface area contributed by atoms with Gasteiger partial charge in [-0.05, 0) is 6.92 Å². The van der Waals surface area contributed by atoms with E-state index in [-0.39, 0.29) is 5.69 Å². The molecular weight excluding hydrogens is 282 g/mol. The topological polar surface area (TPSA) is 137 Å². The van der Waals surface area contributed by atoms with Gasteiger partial charge in [-0.1, -0.05) is 0 Å². The smallest absolute Gasteiger partial charge is 0.270 e. The van der Waals surface area contributed by atoms with Crippen LogP contribution >= 0.6 is 0 Å². The van der Waals surface area contributed by atoms with Gasteiger partial charge in [-0.15, -0.1) is 0 Å². The number of carbonyl (C=O) groups is 1. The number of aliphatic hydroxyl groups is 4. The van der Waals surface area contributed by atoms with Crippen molar-refractivity contribution in [1.82, 2.24) is 14.9 Å². The van der Waals surface area contributed by atoms with Crippen LogP contribution in [0.5, 0.6) is 0 Å². The van der Waals surface area contributed by atoms with Gasteiger partial charge in [-0.3, -0.25) is 4.79 Å². The highest BCUT2D eigenvalue weighted by atomic mass is 16.6. The molecule has 1 amide bonds. The summed E-state index contributed by atoms with van der Waals surface area (Å²) in [6.07, 6.45) is -1.48. The molecule has 1 aromatic rings. The summed E-state index contributed by atoms with van der Waals surface area (Å²) in [6.45, 7) is 0.678. The number of aryl methyl sites for hydroxylation is 1. The number of hydrogen-bond donors (Lipinski definition) is 5. The SMILES string of the molecule is Cn1cncc1C(=O)N[C@H]1C(O)O[C@H](CO)[C@@](C)(O)[C@@H]1O. The minimum absolute atomic E-state index is 0.221. The first-order valence-electron chi connectivity index (χ1n) is 6.41. The standard InChI is InChI=1S/C12H19N3O6/c1-12(20)7(4-16)21-11(19)8(9(12)17)14-10(18)6-3-13-5-15(6)2/h3,5,7-9,11,16-17,19-20H,4H2,1-2H3,(H,14,18)/t7-,8-,9-,11?,12-/m1/s1. The molecule has 0 radical (unpaired) electrons. The average molecular weight is 301 g/mol. The van der Waals surface area contributed by atoms with Crippen molar-refractivity contribution >= 4 is 5.91 Å². The lowest BCUT2D eigenvalue weighted by Gasteiger charge is -2.46. The second-order valence-corrected chi connectivity index (χ2v) is 5.26. The van der Waals surface area contributed by atoms with Crippen molar-refractivity contribution in [3.05, 3.63) is 18.2 Å². The van der Waals surface area contributed by atoms with E-state index in [0.717, 1.165) is 0 Å². The molecule has 5 atom stereocenters. The van der Waals surface area contributed by atoms with E-state index in [0.29, 0.717) is 0 Å². The number of carbonyl (C=O) groups excluding carboxylic acids is 1. The number of amides is 1. The molecule has 0 spiro atoms. The summed E-state index contributed by atoms with van der Waals surface area (Å²) in [7, 11) is 1.62. The Kier molecular flexibility index (Phi) is 4.30. The molecule has 1 fully saturated rings. The molecule has 1 aromatic heterocycles. The lowest BCUT2D eigenvalue weighted by molar-refractivity contribution is -0.286. The van der Waals surface area contributed by atoms with Crippen LogP contribution < -0.4 is 5.32 Å². The van der Waals surface area contributed by atoms with Gasteiger partial charge in [0.1, 0.15) is 29.5 Å². The molecule has 2 heterocycles. The Labute approximate surface area is 120 Å². The normalized spacial score (nSPS) is 36.5.